The Balaban J connectivity index is 4.09. The van der Waals surface area contributed by atoms with Crippen molar-refractivity contribution in [2.45, 2.75) is 63.6 Å². The number of methoxy groups -OCH3 is 1. The average Bonchev–Trinajstić information content (AvgIpc) is 2.29. The maximum Gasteiger partial charge on any atom is 0.309 e. The van der Waals surface area contributed by atoms with Crippen LogP contribution < -0.4 is 0 Å². The van der Waals surface area contributed by atoms with Gasteiger partial charge in [-0.3, -0.25) is 4.79 Å². The van der Waals surface area contributed by atoms with Gasteiger partial charge < -0.3 is 4.74 Å². The molecule has 0 aliphatic carbocycles. The lowest BCUT2D eigenvalue weighted by molar-refractivity contribution is -0.145. The number of ether oxygens (including phenoxy) is 1. The van der Waals surface area contributed by atoms with Crippen molar-refractivity contribution in [2.75, 3.05) is 7.11 Å². The van der Waals surface area contributed by atoms with Crippen molar-refractivity contribution < 1.29 is 9.53 Å². The highest BCUT2D eigenvalue weighted by molar-refractivity contribution is 9.09. The number of halogens is 1. The van der Waals surface area contributed by atoms with Crippen LogP contribution in [0.4, 0.5) is 0 Å². The standard InChI is InChI=1S/C13H25BrO2/c1-4-6-8-10-12(14)11(9-7-5-2)13(15)16-3/h11-12H,4-10H2,1-3H3. The Morgan fingerprint density at radius 3 is 2.25 bits per heavy atom. The highest BCUT2D eigenvalue weighted by Crippen LogP contribution is 2.25. The third-order valence-electron chi connectivity index (χ3n) is 2.89. The van der Waals surface area contributed by atoms with Gasteiger partial charge in [0, 0.05) is 4.83 Å². The molecule has 0 aromatic carbocycles. The molecule has 16 heavy (non-hydrogen) atoms. The van der Waals surface area contributed by atoms with Crippen molar-refractivity contribution in [3.8, 4) is 0 Å². The number of alkyl halides is 1. The fraction of sp³-hybridized carbons (Fsp3) is 0.923. The van der Waals surface area contributed by atoms with Gasteiger partial charge in [0.05, 0.1) is 13.0 Å². The van der Waals surface area contributed by atoms with Gasteiger partial charge in [0.1, 0.15) is 0 Å². The maximum atomic E-state index is 11.6. The Morgan fingerprint density at radius 2 is 1.75 bits per heavy atom. The summed E-state index contributed by atoms with van der Waals surface area (Å²) in [5.74, 6) is -0.0337. The van der Waals surface area contributed by atoms with Gasteiger partial charge in [0.25, 0.3) is 0 Å². The molecule has 0 saturated heterocycles. The largest absolute Gasteiger partial charge is 0.469 e. The lowest BCUT2D eigenvalue weighted by Gasteiger charge is -2.20. The minimum Gasteiger partial charge on any atom is -0.469 e. The van der Waals surface area contributed by atoms with Crippen LogP contribution in [0.25, 0.3) is 0 Å². The van der Waals surface area contributed by atoms with Crippen molar-refractivity contribution >= 4 is 21.9 Å². The van der Waals surface area contributed by atoms with E-state index < -0.39 is 0 Å². The van der Waals surface area contributed by atoms with E-state index in [1.165, 1.54) is 26.4 Å². The lowest BCUT2D eigenvalue weighted by atomic mass is 9.95. The predicted molar refractivity (Wildman–Crippen MR) is 71.9 cm³/mol. The first-order chi connectivity index (χ1) is 7.67. The van der Waals surface area contributed by atoms with Gasteiger partial charge in [0.15, 0.2) is 0 Å². The van der Waals surface area contributed by atoms with Gasteiger partial charge in [-0.25, -0.2) is 0 Å². The van der Waals surface area contributed by atoms with E-state index in [1.54, 1.807) is 0 Å². The van der Waals surface area contributed by atoms with Gasteiger partial charge in [-0.15, -0.1) is 0 Å². The summed E-state index contributed by atoms with van der Waals surface area (Å²) in [6.07, 6.45) is 7.87. The molecule has 0 rings (SSSR count). The van der Waals surface area contributed by atoms with Crippen molar-refractivity contribution in [3.63, 3.8) is 0 Å². The number of hydrogen-bond acceptors (Lipinski definition) is 2. The summed E-state index contributed by atoms with van der Waals surface area (Å²) in [7, 11) is 1.48. The molecule has 2 unspecified atom stereocenters. The summed E-state index contributed by atoms with van der Waals surface area (Å²) < 4.78 is 4.87. The number of rotatable bonds is 9. The van der Waals surface area contributed by atoms with E-state index in [-0.39, 0.29) is 16.7 Å². The molecular weight excluding hydrogens is 268 g/mol. The van der Waals surface area contributed by atoms with Gasteiger partial charge in [0.2, 0.25) is 0 Å². The molecule has 0 spiro atoms. The van der Waals surface area contributed by atoms with E-state index in [2.05, 4.69) is 29.8 Å². The van der Waals surface area contributed by atoms with Crippen molar-refractivity contribution in [3.05, 3.63) is 0 Å². The van der Waals surface area contributed by atoms with Gasteiger partial charge in [-0.05, 0) is 12.8 Å². The molecule has 0 saturated carbocycles. The average molecular weight is 293 g/mol. The van der Waals surface area contributed by atoms with Crippen LogP contribution in [0.5, 0.6) is 0 Å². The molecule has 0 fully saturated rings. The predicted octanol–water partition coefficient (Wildman–Crippen LogP) is 4.31. The zero-order valence-electron chi connectivity index (χ0n) is 10.8. The SMILES string of the molecule is CCCCCC(Br)C(CCCC)C(=O)OC. The highest BCUT2D eigenvalue weighted by Gasteiger charge is 2.26. The van der Waals surface area contributed by atoms with E-state index in [9.17, 15) is 4.79 Å². The van der Waals surface area contributed by atoms with Crippen LogP contribution in [0, 0.1) is 5.92 Å². The molecule has 0 aliphatic rings. The molecular formula is C13H25BrO2. The smallest absolute Gasteiger partial charge is 0.309 e. The van der Waals surface area contributed by atoms with E-state index in [0.29, 0.717) is 0 Å². The zero-order valence-corrected chi connectivity index (χ0v) is 12.4. The molecule has 0 heterocycles. The zero-order chi connectivity index (χ0) is 12.4. The van der Waals surface area contributed by atoms with Crippen molar-refractivity contribution in [1.29, 1.82) is 0 Å². The summed E-state index contributed by atoms with van der Waals surface area (Å²) in [6, 6.07) is 0. The van der Waals surface area contributed by atoms with E-state index in [0.717, 1.165) is 25.7 Å². The molecule has 0 amide bonds. The minimum absolute atomic E-state index is 0.0295. The van der Waals surface area contributed by atoms with Crippen LogP contribution in [0.2, 0.25) is 0 Å². The number of carbonyl (C=O) groups excluding carboxylic acids is 1. The molecule has 0 aromatic rings. The number of unbranched alkanes of at least 4 members (excludes halogenated alkanes) is 3. The van der Waals surface area contributed by atoms with Gasteiger partial charge in [-0.1, -0.05) is 61.9 Å². The van der Waals surface area contributed by atoms with Crippen LogP contribution >= 0.6 is 15.9 Å². The normalized spacial score (nSPS) is 14.5. The monoisotopic (exact) mass is 292 g/mol. The summed E-state index contributed by atoms with van der Waals surface area (Å²) in [6.45, 7) is 4.34. The second-order valence-electron chi connectivity index (χ2n) is 4.28. The Labute approximate surface area is 108 Å². The van der Waals surface area contributed by atoms with Crippen LogP contribution in [-0.2, 0) is 9.53 Å². The topological polar surface area (TPSA) is 26.3 Å². The number of esters is 1. The molecule has 2 nitrogen and oxygen atoms in total. The van der Waals surface area contributed by atoms with E-state index >= 15 is 0 Å². The molecule has 3 heteroatoms. The molecule has 0 aliphatic heterocycles. The van der Waals surface area contributed by atoms with Crippen LogP contribution in [0.15, 0.2) is 0 Å². The summed E-state index contributed by atoms with van der Waals surface area (Å²) in [5, 5.41) is 0. The number of hydrogen-bond donors (Lipinski definition) is 0. The summed E-state index contributed by atoms with van der Waals surface area (Å²) in [5.41, 5.74) is 0. The second-order valence-corrected chi connectivity index (χ2v) is 5.46. The van der Waals surface area contributed by atoms with Crippen LogP contribution in [0.3, 0.4) is 0 Å². The first-order valence-electron chi connectivity index (χ1n) is 6.39. The number of carbonyl (C=O) groups is 1. The van der Waals surface area contributed by atoms with Crippen LogP contribution in [0.1, 0.15) is 58.8 Å². The second kappa shape index (κ2) is 10.1. The van der Waals surface area contributed by atoms with Crippen LogP contribution in [-0.4, -0.2) is 17.9 Å². The third-order valence-corrected chi connectivity index (χ3v) is 3.99. The Kier molecular flexibility index (Phi) is 10.1. The minimum atomic E-state index is -0.0631. The summed E-state index contributed by atoms with van der Waals surface area (Å²) >= 11 is 3.65. The Bertz CT molecular complexity index is 183. The summed E-state index contributed by atoms with van der Waals surface area (Å²) in [4.78, 5) is 11.9. The Hall–Kier alpha value is -0.0500. The van der Waals surface area contributed by atoms with Gasteiger partial charge in [-0.2, -0.15) is 0 Å². The molecule has 0 radical (unpaired) electrons. The molecule has 0 N–H and O–H groups in total. The fourth-order valence-corrected chi connectivity index (χ4v) is 2.62. The fourth-order valence-electron chi connectivity index (χ4n) is 1.81. The first kappa shape index (κ1) is 16.0. The quantitative estimate of drug-likeness (QED) is 0.360. The van der Waals surface area contributed by atoms with E-state index in [4.69, 9.17) is 4.74 Å². The molecule has 96 valence electrons. The Morgan fingerprint density at radius 1 is 1.12 bits per heavy atom. The van der Waals surface area contributed by atoms with Gasteiger partial charge >= 0.3 is 5.97 Å². The highest BCUT2D eigenvalue weighted by atomic mass is 79.9. The third kappa shape index (κ3) is 6.51. The van der Waals surface area contributed by atoms with Crippen molar-refractivity contribution in [2.24, 2.45) is 5.92 Å². The first-order valence-corrected chi connectivity index (χ1v) is 7.30. The molecule has 0 aromatic heterocycles. The van der Waals surface area contributed by atoms with E-state index in [1.807, 2.05) is 0 Å². The molecule has 0 bridgehead atoms. The van der Waals surface area contributed by atoms with Crippen molar-refractivity contribution in [1.82, 2.24) is 0 Å². The lowest BCUT2D eigenvalue weighted by Crippen LogP contribution is -2.25. The molecule has 2 atom stereocenters. The maximum absolute atomic E-state index is 11.6.